The summed E-state index contributed by atoms with van der Waals surface area (Å²) in [7, 11) is -2.35. The van der Waals surface area contributed by atoms with Crippen LogP contribution < -0.4 is 10.0 Å². The SMILES string of the molecule is CCN(CC)C(=O)C(Cc1ccc(NC)cc1)C(=O)NS(=O)(=O)c1ccc2ccccc2c1. The normalized spacial score (nSPS) is 12.2. The second-order valence-corrected chi connectivity index (χ2v) is 9.38. The van der Waals surface area contributed by atoms with E-state index < -0.39 is 27.8 Å². The van der Waals surface area contributed by atoms with Crippen LogP contribution in [-0.4, -0.2) is 45.3 Å². The van der Waals surface area contributed by atoms with Crippen LogP contribution in [0.2, 0.25) is 0 Å². The minimum atomic E-state index is -4.15. The van der Waals surface area contributed by atoms with Gasteiger partial charge in [-0.1, -0.05) is 42.5 Å². The van der Waals surface area contributed by atoms with Crippen LogP contribution >= 0.6 is 0 Å². The van der Waals surface area contributed by atoms with Gasteiger partial charge in [-0.2, -0.15) is 0 Å². The lowest BCUT2D eigenvalue weighted by Crippen LogP contribution is -2.46. The number of carbonyl (C=O) groups excluding carboxylic acids is 2. The van der Waals surface area contributed by atoms with Gasteiger partial charge in [0.2, 0.25) is 11.8 Å². The summed E-state index contributed by atoms with van der Waals surface area (Å²) in [6.07, 6.45) is 0.0956. The molecule has 0 aliphatic heterocycles. The molecule has 0 radical (unpaired) electrons. The molecule has 174 valence electrons. The van der Waals surface area contributed by atoms with Crippen molar-refractivity contribution in [1.29, 1.82) is 0 Å². The molecule has 33 heavy (non-hydrogen) atoms. The highest BCUT2D eigenvalue weighted by Crippen LogP contribution is 2.20. The first kappa shape index (κ1) is 24.3. The van der Waals surface area contributed by atoms with Crippen molar-refractivity contribution in [1.82, 2.24) is 9.62 Å². The van der Waals surface area contributed by atoms with Crippen molar-refractivity contribution in [2.75, 3.05) is 25.5 Å². The molecule has 8 heteroatoms. The van der Waals surface area contributed by atoms with Gasteiger partial charge < -0.3 is 10.2 Å². The highest BCUT2D eigenvalue weighted by atomic mass is 32.2. The molecule has 1 atom stereocenters. The third-order valence-electron chi connectivity index (χ3n) is 5.64. The van der Waals surface area contributed by atoms with Gasteiger partial charge in [0.25, 0.3) is 10.0 Å². The monoisotopic (exact) mass is 467 g/mol. The maximum Gasteiger partial charge on any atom is 0.264 e. The van der Waals surface area contributed by atoms with Gasteiger partial charge in [-0.05, 0) is 60.9 Å². The highest BCUT2D eigenvalue weighted by molar-refractivity contribution is 7.90. The first-order valence-corrected chi connectivity index (χ1v) is 12.4. The highest BCUT2D eigenvalue weighted by Gasteiger charge is 2.33. The molecule has 0 aliphatic carbocycles. The number of hydrogen-bond acceptors (Lipinski definition) is 5. The Bertz CT molecular complexity index is 1240. The van der Waals surface area contributed by atoms with E-state index in [1.165, 1.54) is 17.0 Å². The van der Waals surface area contributed by atoms with Gasteiger partial charge in [0.05, 0.1) is 4.90 Å². The number of sulfonamides is 1. The molecule has 0 saturated heterocycles. The van der Waals surface area contributed by atoms with Crippen molar-refractivity contribution in [2.24, 2.45) is 5.92 Å². The Balaban J connectivity index is 1.89. The van der Waals surface area contributed by atoms with Crippen molar-refractivity contribution in [3.63, 3.8) is 0 Å². The zero-order chi connectivity index (χ0) is 24.0. The third-order valence-corrected chi connectivity index (χ3v) is 6.98. The molecule has 2 amide bonds. The van der Waals surface area contributed by atoms with E-state index in [-0.39, 0.29) is 11.3 Å². The Morgan fingerprint density at radius 3 is 2.15 bits per heavy atom. The van der Waals surface area contributed by atoms with Gasteiger partial charge in [-0.3, -0.25) is 9.59 Å². The van der Waals surface area contributed by atoms with E-state index in [1.807, 2.05) is 56.3 Å². The fraction of sp³-hybridized carbons (Fsp3) is 0.280. The van der Waals surface area contributed by atoms with E-state index in [9.17, 15) is 18.0 Å². The van der Waals surface area contributed by atoms with Crippen LogP contribution in [-0.2, 0) is 26.0 Å². The summed E-state index contributed by atoms with van der Waals surface area (Å²) in [6, 6.07) is 19.4. The number of amides is 2. The molecule has 3 aromatic rings. The van der Waals surface area contributed by atoms with Crippen LogP contribution in [0.25, 0.3) is 10.8 Å². The van der Waals surface area contributed by atoms with Crippen LogP contribution in [0, 0.1) is 5.92 Å². The van der Waals surface area contributed by atoms with E-state index >= 15 is 0 Å². The van der Waals surface area contributed by atoms with Gasteiger partial charge in [-0.15, -0.1) is 0 Å². The van der Waals surface area contributed by atoms with Gasteiger partial charge in [0, 0.05) is 25.8 Å². The van der Waals surface area contributed by atoms with Crippen LogP contribution in [0.1, 0.15) is 19.4 Å². The number of nitrogens with zero attached hydrogens (tertiary/aromatic N) is 1. The summed E-state index contributed by atoms with van der Waals surface area (Å²) < 4.78 is 28.1. The molecule has 0 aliphatic rings. The first-order chi connectivity index (χ1) is 15.8. The fourth-order valence-electron chi connectivity index (χ4n) is 3.69. The minimum Gasteiger partial charge on any atom is -0.388 e. The molecule has 0 fully saturated rings. The average molecular weight is 468 g/mol. The van der Waals surface area contributed by atoms with Gasteiger partial charge in [-0.25, -0.2) is 13.1 Å². The van der Waals surface area contributed by atoms with Gasteiger partial charge in [0.1, 0.15) is 5.92 Å². The molecule has 3 rings (SSSR count). The van der Waals surface area contributed by atoms with Crippen molar-refractivity contribution in [3.8, 4) is 0 Å². The Kier molecular flexibility index (Phi) is 7.71. The third kappa shape index (κ3) is 5.70. The van der Waals surface area contributed by atoms with Crippen molar-refractivity contribution < 1.29 is 18.0 Å². The van der Waals surface area contributed by atoms with Crippen LogP contribution in [0.5, 0.6) is 0 Å². The number of hydrogen-bond donors (Lipinski definition) is 2. The van der Waals surface area contributed by atoms with Crippen LogP contribution in [0.3, 0.4) is 0 Å². The lowest BCUT2D eigenvalue weighted by Gasteiger charge is -2.24. The molecular formula is C25H29N3O4S. The molecule has 0 bridgehead atoms. The molecule has 1 unspecified atom stereocenters. The van der Waals surface area contributed by atoms with Crippen molar-refractivity contribution in [2.45, 2.75) is 25.2 Å². The van der Waals surface area contributed by atoms with E-state index in [1.54, 1.807) is 19.2 Å². The summed E-state index contributed by atoms with van der Waals surface area (Å²) in [4.78, 5) is 27.8. The Morgan fingerprint density at radius 2 is 1.55 bits per heavy atom. The maximum absolute atomic E-state index is 13.2. The first-order valence-electron chi connectivity index (χ1n) is 10.9. The molecule has 0 saturated carbocycles. The van der Waals surface area contributed by atoms with Gasteiger partial charge >= 0.3 is 0 Å². The molecule has 0 aromatic heterocycles. The molecule has 0 spiro atoms. The molecule has 3 aromatic carbocycles. The second kappa shape index (κ2) is 10.5. The van der Waals surface area contributed by atoms with E-state index in [0.717, 1.165) is 22.0 Å². The van der Waals surface area contributed by atoms with Crippen LogP contribution in [0.15, 0.2) is 71.6 Å². The smallest absolute Gasteiger partial charge is 0.264 e. The molecule has 0 heterocycles. The predicted octanol–water partition coefficient (Wildman–Crippen LogP) is 3.41. The summed E-state index contributed by atoms with van der Waals surface area (Å²) in [6.45, 7) is 4.50. The molecule has 7 nitrogen and oxygen atoms in total. The Morgan fingerprint density at radius 1 is 0.909 bits per heavy atom. The number of nitrogens with one attached hydrogen (secondary N) is 2. The van der Waals surface area contributed by atoms with E-state index in [2.05, 4.69) is 10.0 Å². The number of benzene rings is 3. The zero-order valence-corrected chi connectivity index (χ0v) is 19.9. The van der Waals surface area contributed by atoms with Crippen molar-refractivity contribution in [3.05, 3.63) is 72.3 Å². The average Bonchev–Trinajstić information content (AvgIpc) is 2.82. The Hall–Kier alpha value is -3.39. The quantitative estimate of drug-likeness (QED) is 0.470. The number of rotatable bonds is 9. The van der Waals surface area contributed by atoms with E-state index in [0.29, 0.717) is 13.1 Å². The van der Waals surface area contributed by atoms with Crippen molar-refractivity contribution >= 4 is 38.3 Å². The summed E-state index contributed by atoms with van der Waals surface area (Å²) in [5.74, 6) is -2.40. The number of fused-ring (bicyclic) bond motifs is 1. The lowest BCUT2D eigenvalue weighted by molar-refractivity contribution is -0.141. The standard InChI is InChI=1S/C25H29N3O4S/c1-4-28(5-2)25(30)23(16-18-10-13-21(26-3)14-11-18)24(29)27-33(31,32)22-15-12-19-8-6-7-9-20(19)17-22/h6-15,17,23,26H,4-5,16H2,1-3H3,(H,27,29). The largest absolute Gasteiger partial charge is 0.388 e. The van der Waals surface area contributed by atoms with E-state index in [4.69, 9.17) is 0 Å². The summed E-state index contributed by atoms with van der Waals surface area (Å²) in [5.41, 5.74) is 1.66. The summed E-state index contributed by atoms with van der Waals surface area (Å²) in [5, 5.41) is 4.65. The van der Waals surface area contributed by atoms with Crippen LogP contribution in [0.4, 0.5) is 5.69 Å². The maximum atomic E-state index is 13.2. The molecular weight excluding hydrogens is 438 g/mol. The second-order valence-electron chi connectivity index (χ2n) is 7.69. The fourth-order valence-corrected chi connectivity index (χ4v) is 4.74. The lowest BCUT2D eigenvalue weighted by atomic mass is 9.97. The number of anilines is 1. The zero-order valence-electron chi connectivity index (χ0n) is 19.0. The Labute approximate surface area is 194 Å². The minimum absolute atomic E-state index is 0.0260. The molecule has 2 N–H and O–H groups in total. The summed E-state index contributed by atoms with van der Waals surface area (Å²) >= 11 is 0. The number of carbonyl (C=O) groups is 2. The predicted molar refractivity (Wildman–Crippen MR) is 130 cm³/mol. The van der Waals surface area contributed by atoms with Gasteiger partial charge in [0.15, 0.2) is 0 Å². The topological polar surface area (TPSA) is 95.6 Å².